The van der Waals surface area contributed by atoms with Crippen molar-refractivity contribution in [3.05, 3.63) is 42.4 Å². The molecule has 2 amide bonds. The van der Waals surface area contributed by atoms with Crippen molar-refractivity contribution in [3.8, 4) is 17.1 Å². The summed E-state index contributed by atoms with van der Waals surface area (Å²) in [6.07, 6.45) is 8.45. The van der Waals surface area contributed by atoms with Gasteiger partial charge >= 0.3 is 0 Å². The standard InChI is InChI=1S/C29H38N6O3/c1-30-25(36)11-5-3-4-10-23(34-28(37)29-12-15-35(16-13-29)17-14-29)26-31-19-24(32-26)21-18-20-8-6-7-9-22(20)33-27(21)38-2/h6-9,18-19,23H,3-5,10-17H2,1-2H3,(H,30,36)(H,31,32)(H,34,37)/t23-/m0/s1. The zero-order valence-electron chi connectivity index (χ0n) is 22.4. The minimum absolute atomic E-state index is 0.0613. The number of nitrogens with zero attached hydrogens (tertiary/aromatic N) is 3. The highest BCUT2D eigenvalue weighted by atomic mass is 16.5. The summed E-state index contributed by atoms with van der Waals surface area (Å²) in [5.41, 5.74) is 2.23. The number of H-pyrrole nitrogens is 1. The number of ether oxygens (including phenoxy) is 1. The Kier molecular flexibility index (Phi) is 7.93. The van der Waals surface area contributed by atoms with Crippen LogP contribution in [0.25, 0.3) is 22.2 Å². The van der Waals surface area contributed by atoms with Crippen LogP contribution in [0.15, 0.2) is 36.5 Å². The molecule has 0 saturated carbocycles. The summed E-state index contributed by atoms with van der Waals surface area (Å²) in [6.45, 7) is 2.99. The lowest BCUT2D eigenvalue weighted by Crippen LogP contribution is -2.55. The number of nitrogens with one attached hydrogen (secondary N) is 3. The molecule has 0 aliphatic carbocycles. The Labute approximate surface area is 223 Å². The van der Waals surface area contributed by atoms with Gasteiger partial charge in [0.05, 0.1) is 41.5 Å². The monoisotopic (exact) mass is 518 g/mol. The van der Waals surface area contributed by atoms with Gasteiger partial charge in [0.25, 0.3) is 0 Å². The number of rotatable bonds is 11. The van der Waals surface area contributed by atoms with Crippen LogP contribution in [0.2, 0.25) is 0 Å². The number of carbonyl (C=O) groups excluding carboxylic acids is 2. The fourth-order valence-corrected chi connectivity index (χ4v) is 5.79. The number of amides is 2. The highest BCUT2D eigenvalue weighted by Crippen LogP contribution is 2.41. The van der Waals surface area contributed by atoms with E-state index in [2.05, 4.69) is 31.6 Å². The van der Waals surface area contributed by atoms with Crippen molar-refractivity contribution in [1.29, 1.82) is 0 Å². The summed E-state index contributed by atoms with van der Waals surface area (Å²) in [7, 11) is 3.28. The molecule has 3 saturated heterocycles. The van der Waals surface area contributed by atoms with Gasteiger partial charge in [0.2, 0.25) is 17.7 Å². The second-order valence-corrected chi connectivity index (χ2v) is 10.6. The van der Waals surface area contributed by atoms with Crippen LogP contribution in [-0.4, -0.2) is 65.5 Å². The molecule has 0 spiro atoms. The maximum Gasteiger partial charge on any atom is 0.226 e. The molecule has 0 unspecified atom stereocenters. The number of aromatic nitrogens is 3. The van der Waals surface area contributed by atoms with Gasteiger partial charge in [0.15, 0.2) is 0 Å². The van der Waals surface area contributed by atoms with Crippen molar-refractivity contribution in [1.82, 2.24) is 30.5 Å². The molecular formula is C29H38N6O3. The Balaban J connectivity index is 1.36. The molecule has 2 aromatic heterocycles. The first-order valence-corrected chi connectivity index (χ1v) is 13.7. The number of piperidine rings is 3. The predicted octanol–water partition coefficient (Wildman–Crippen LogP) is 3.97. The smallest absolute Gasteiger partial charge is 0.226 e. The Morgan fingerprint density at radius 2 is 1.89 bits per heavy atom. The average Bonchev–Trinajstić information content (AvgIpc) is 3.46. The quantitative estimate of drug-likeness (QED) is 0.331. The topological polar surface area (TPSA) is 112 Å². The van der Waals surface area contributed by atoms with E-state index in [1.807, 2.05) is 24.3 Å². The van der Waals surface area contributed by atoms with Crippen molar-refractivity contribution < 1.29 is 14.3 Å². The Bertz CT molecular complexity index is 1270. The van der Waals surface area contributed by atoms with E-state index >= 15 is 0 Å². The highest BCUT2D eigenvalue weighted by molar-refractivity contribution is 5.85. The fourth-order valence-electron chi connectivity index (χ4n) is 5.79. The molecule has 6 rings (SSSR count). The van der Waals surface area contributed by atoms with Crippen LogP contribution < -0.4 is 15.4 Å². The molecule has 202 valence electrons. The molecular weight excluding hydrogens is 480 g/mol. The van der Waals surface area contributed by atoms with Gasteiger partial charge in [-0.05, 0) is 63.9 Å². The molecule has 9 heteroatoms. The molecule has 1 aromatic carbocycles. The zero-order valence-corrected chi connectivity index (χ0v) is 22.4. The molecule has 5 heterocycles. The summed E-state index contributed by atoms with van der Waals surface area (Å²) in [5.74, 6) is 1.47. The van der Waals surface area contributed by atoms with Crippen LogP contribution in [0, 0.1) is 5.41 Å². The number of fused-ring (bicyclic) bond motifs is 4. The van der Waals surface area contributed by atoms with Crippen LogP contribution >= 0.6 is 0 Å². The van der Waals surface area contributed by atoms with Crippen LogP contribution in [0.1, 0.15) is 63.2 Å². The zero-order chi connectivity index (χ0) is 26.5. The molecule has 3 aliphatic heterocycles. The van der Waals surface area contributed by atoms with E-state index in [0.29, 0.717) is 12.3 Å². The number of imidazole rings is 1. The van der Waals surface area contributed by atoms with Gasteiger partial charge in [-0.1, -0.05) is 31.0 Å². The van der Waals surface area contributed by atoms with Gasteiger partial charge in [-0.15, -0.1) is 0 Å². The van der Waals surface area contributed by atoms with Crippen LogP contribution in [0.4, 0.5) is 0 Å². The van der Waals surface area contributed by atoms with Crippen molar-refractivity contribution in [3.63, 3.8) is 0 Å². The third-order valence-corrected chi connectivity index (χ3v) is 8.28. The molecule has 3 N–H and O–H groups in total. The fraction of sp³-hybridized carbons (Fsp3) is 0.517. The Morgan fingerprint density at radius 3 is 2.63 bits per heavy atom. The second kappa shape index (κ2) is 11.5. The van der Waals surface area contributed by atoms with E-state index < -0.39 is 0 Å². The molecule has 3 aromatic rings. The third-order valence-electron chi connectivity index (χ3n) is 8.28. The summed E-state index contributed by atoms with van der Waals surface area (Å²) in [6, 6.07) is 9.76. The van der Waals surface area contributed by atoms with Gasteiger partial charge < -0.3 is 25.3 Å². The minimum Gasteiger partial charge on any atom is -0.480 e. The Morgan fingerprint density at radius 1 is 1.13 bits per heavy atom. The maximum atomic E-state index is 13.6. The van der Waals surface area contributed by atoms with E-state index in [4.69, 9.17) is 9.72 Å². The van der Waals surface area contributed by atoms with E-state index in [9.17, 15) is 9.59 Å². The second-order valence-electron chi connectivity index (χ2n) is 10.6. The number of aromatic amines is 1. The number of carbonyl (C=O) groups is 2. The van der Waals surface area contributed by atoms with E-state index in [0.717, 1.165) is 92.6 Å². The first kappa shape index (κ1) is 26.2. The number of pyridine rings is 1. The molecule has 3 fully saturated rings. The first-order valence-electron chi connectivity index (χ1n) is 13.7. The lowest BCUT2D eigenvalue weighted by molar-refractivity contribution is -0.139. The maximum absolute atomic E-state index is 13.6. The average molecular weight is 519 g/mol. The highest BCUT2D eigenvalue weighted by Gasteiger charge is 2.45. The summed E-state index contributed by atoms with van der Waals surface area (Å²) in [4.78, 5) is 40.5. The van der Waals surface area contributed by atoms with Gasteiger partial charge in [0.1, 0.15) is 5.82 Å². The predicted molar refractivity (Wildman–Crippen MR) is 147 cm³/mol. The lowest BCUT2D eigenvalue weighted by atomic mass is 9.71. The number of benzene rings is 1. The van der Waals surface area contributed by atoms with Crippen molar-refractivity contribution in [2.75, 3.05) is 33.8 Å². The van der Waals surface area contributed by atoms with E-state index in [1.165, 1.54) is 0 Å². The molecule has 2 bridgehead atoms. The molecule has 9 nitrogen and oxygen atoms in total. The van der Waals surface area contributed by atoms with Crippen LogP contribution in [-0.2, 0) is 9.59 Å². The van der Waals surface area contributed by atoms with Gasteiger partial charge in [-0.3, -0.25) is 9.59 Å². The summed E-state index contributed by atoms with van der Waals surface area (Å²) < 4.78 is 5.61. The molecule has 3 aliphatic rings. The van der Waals surface area contributed by atoms with Crippen molar-refractivity contribution in [2.45, 2.75) is 57.4 Å². The molecule has 38 heavy (non-hydrogen) atoms. The van der Waals surface area contributed by atoms with Gasteiger partial charge in [-0.25, -0.2) is 9.97 Å². The number of hydrogen-bond acceptors (Lipinski definition) is 6. The summed E-state index contributed by atoms with van der Waals surface area (Å²) >= 11 is 0. The number of para-hydroxylation sites is 1. The lowest BCUT2D eigenvalue weighted by Gasteiger charge is -2.47. The van der Waals surface area contributed by atoms with Crippen molar-refractivity contribution in [2.24, 2.45) is 5.41 Å². The van der Waals surface area contributed by atoms with Gasteiger partial charge in [0, 0.05) is 18.9 Å². The molecule has 1 atom stereocenters. The largest absolute Gasteiger partial charge is 0.480 e. The molecule has 0 radical (unpaired) electrons. The minimum atomic E-state index is -0.271. The first-order chi connectivity index (χ1) is 18.5. The van der Waals surface area contributed by atoms with Gasteiger partial charge in [-0.2, -0.15) is 0 Å². The number of methoxy groups -OCH3 is 1. The number of hydrogen-bond donors (Lipinski definition) is 3. The normalized spacial score (nSPS) is 21.3. The SMILES string of the molecule is CNC(=O)CCCCC[C@H](NC(=O)C12CCN(CC1)CC2)c1ncc(-c2cc3ccccc3nc2OC)[nH]1. The van der Waals surface area contributed by atoms with E-state index in [1.54, 1.807) is 20.4 Å². The third kappa shape index (κ3) is 5.53. The van der Waals surface area contributed by atoms with Crippen LogP contribution in [0.5, 0.6) is 5.88 Å². The Hall–Kier alpha value is -3.46. The van der Waals surface area contributed by atoms with Crippen molar-refractivity contribution >= 4 is 22.7 Å². The van der Waals surface area contributed by atoms with E-state index in [-0.39, 0.29) is 23.3 Å². The number of unbranched alkanes of at least 4 members (excludes halogenated alkanes) is 2. The summed E-state index contributed by atoms with van der Waals surface area (Å²) in [5, 5.41) is 7.07. The van der Waals surface area contributed by atoms with Crippen LogP contribution in [0.3, 0.4) is 0 Å².